The summed E-state index contributed by atoms with van der Waals surface area (Å²) in [6.45, 7) is 0.421. The Bertz CT molecular complexity index is 657. The van der Waals surface area contributed by atoms with E-state index in [0.29, 0.717) is 12.5 Å². The molecule has 1 amide bonds. The highest BCUT2D eigenvalue weighted by atomic mass is 16.5. The molecule has 0 saturated heterocycles. The number of fused-ring (bicyclic) bond motifs is 1. The van der Waals surface area contributed by atoms with E-state index in [1.54, 1.807) is 13.3 Å². The van der Waals surface area contributed by atoms with Gasteiger partial charge in [-0.2, -0.15) is 0 Å². The molecule has 1 aliphatic heterocycles. The van der Waals surface area contributed by atoms with Crippen LogP contribution in [0.2, 0.25) is 0 Å². The van der Waals surface area contributed by atoms with E-state index in [1.807, 2.05) is 36.4 Å². The fourth-order valence-corrected chi connectivity index (χ4v) is 2.43. The Kier molecular flexibility index (Phi) is 3.73. The van der Waals surface area contributed by atoms with E-state index in [1.165, 1.54) is 0 Å². The Balaban J connectivity index is 1.68. The zero-order valence-corrected chi connectivity index (χ0v) is 11.7. The molecule has 1 N–H and O–H groups in total. The number of para-hydroxylation sites is 1. The van der Waals surface area contributed by atoms with Crippen LogP contribution in [0.15, 0.2) is 42.6 Å². The van der Waals surface area contributed by atoms with Crippen LogP contribution >= 0.6 is 0 Å². The average molecular weight is 284 g/mol. The number of pyridine rings is 1. The van der Waals surface area contributed by atoms with E-state index in [2.05, 4.69) is 10.3 Å². The standard InChI is InChI=1S/C16H16N2O3/c1-20-14-7-3-2-5-11(14)9-15(19)18-13-10-21-16-12(13)6-4-8-17-16/h2-8,13H,9-10H2,1H3,(H,18,19). The summed E-state index contributed by atoms with van der Waals surface area (Å²) in [5.41, 5.74) is 1.79. The molecule has 0 aliphatic carbocycles. The van der Waals surface area contributed by atoms with E-state index in [4.69, 9.17) is 9.47 Å². The number of nitrogens with one attached hydrogen (secondary N) is 1. The Morgan fingerprint density at radius 2 is 2.24 bits per heavy atom. The van der Waals surface area contributed by atoms with Crippen LogP contribution in [0.1, 0.15) is 17.2 Å². The predicted molar refractivity (Wildman–Crippen MR) is 77.3 cm³/mol. The zero-order valence-electron chi connectivity index (χ0n) is 11.7. The topological polar surface area (TPSA) is 60.5 Å². The first-order chi connectivity index (χ1) is 10.3. The number of carbonyl (C=O) groups is 1. The molecule has 1 aliphatic rings. The summed E-state index contributed by atoms with van der Waals surface area (Å²) in [6.07, 6.45) is 1.95. The number of aromatic nitrogens is 1. The van der Waals surface area contributed by atoms with Crippen LogP contribution in [0.5, 0.6) is 11.6 Å². The van der Waals surface area contributed by atoms with Gasteiger partial charge in [0.25, 0.3) is 0 Å². The van der Waals surface area contributed by atoms with E-state index in [9.17, 15) is 4.79 Å². The van der Waals surface area contributed by atoms with E-state index in [-0.39, 0.29) is 18.4 Å². The Morgan fingerprint density at radius 3 is 3.10 bits per heavy atom. The Labute approximate surface area is 122 Å². The lowest BCUT2D eigenvalue weighted by Crippen LogP contribution is -2.30. The maximum atomic E-state index is 12.2. The van der Waals surface area contributed by atoms with Gasteiger partial charge in [-0.15, -0.1) is 0 Å². The molecule has 0 radical (unpaired) electrons. The highest BCUT2D eigenvalue weighted by molar-refractivity contribution is 5.80. The number of methoxy groups -OCH3 is 1. The lowest BCUT2D eigenvalue weighted by atomic mass is 10.1. The molecular formula is C16H16N2O3. The van der Waals surface area contributed by atoms with Gasteiger partial charge in [0.2, 0.25) is 11.8 Å². The summed E-state index contributed by atoms with van der Waals surface area (Å²) in [7, 11) is 1.60. The first-order valence-electron chi connectivity index (χ1n) is 6.77. The van der Waals surface area contributed by atoms with E-state index in [0.717, 1.165) is 16.9 Å². The summed E-state index contributed by atoms with van der Waals surface area (Å²) in [5.74, 6) is 1.25. The number of rotatable bonds is 4. The van der Waals surface area contributed by atoms with Gasteiger partial charge in [0.15, 0.2) is 0 Å². The van der Waals surface area contributed by atoms with Crippen LogP contribution in [-0.2, 0) is 11.2 Å². The SMILES string of the molecule is COc1ccccc1CC(=O)NC1COc2ncccc21. The minimum atomic E-state index is -0.143. The largest absolute Gasteiger partial charge is 0.496 e. The quantitative estimate of drug-likeness (QED) is 0.931. The number of hydrogen-bond acceptors (Lipinski definition) is 4. The van der Waals surface area contributed by atoms with Crippen LogP contribution in [0.4, 0.5) is 0 Å². The van der Waals surface area contributed by atoms with Crippen LogP contribution < -0.4 is 14.8 Å². The number of ether oxygens (including phenoxy) is 2. The van der Waals surface area contributed by atoms with Gasteiger partial charge in [0.1, 0.15) is 12.4 Å². The van der Waals surface area contributed by atoms with Crippen LogP contribution in [0.3, 0.4) is 0 Å². The third-order valence-electron chi connectivity index (χ3n) is 3.44. The molecule has 0 spiro atoms. The van der Waals surface area contributed by atoms with Crippen LogP contribution in [-0.4, -0.2) is 24.6 Å². The molecule has 21 heavy (non-hydrogen) atoms. The van der Waals surface area contributed by atoms with Crippen molar-refractivity contribution >= 4 is 5.91 Å². The lowest BCUT2D eigenvalue weighted by Gasteiger charge is -2.12. The molecule has 0 fully saturated rings. The van der Waals surface area contributed by atoms with Gasteiger partial charge >= 0.3 is 0 Å². The third kappa shape index (κ3) is 2.81. The molecule has 0 saturated carbocycles. The second-order valence-electron chi connectivity index (χ2n) is 4.82. The fourth-order valence-electron chi connectivity index (χ4n) is 2.43. The Morgan fingerprint density at radius 1 is 1.38 bits per heavy atom. The highest BCUT2D eigenvalue weighted by Gasteiger charge is 2.26. The zero-order chi connectivity index (χ0) is 14.7. The minimum Gasteiger partial charge on any atom is -0.496 e. The van der Waals surface area contributed by atoms with Gasteiger partial charge in [-0.05, 0) is 18.2 Å². The van der Waals surface area contributed by atoms with Crippen molar-refractivity contribution in [2.45, 2.75) is 12.5 Å². The number of amides is 1. The summed E-state index contributed by atoms with van der Waals surface area (Å²) >= 11 is 0. The maximum Gasteiger partial charge on any atom is 0.225 e. The first kappa shape index (κ1) is 13.4. The molecule has 0 bridgehead atoms. The lowest BCUT2D eigenvalue weighted by molar-refractivity contribution is -0.121. The number of carbonyl (C=O) groups excluding carboxylic acids is 1. The molecule has 1 atom stereocenters. The second-order valence-corrected chi connectivity index (χ2v) is 4.82. The van der Waals surface area contributed by atoms with Crippen molar-refractivity contribution in [1.82, 2.24) is 10.3 Å². The molecule has 108 valence electrons. The molecule has 5 nitrogen and oxygen atoms in total. The van der Waals surface area contributed by atoms with Gasteiger partial charge in [-0.3, -0.25) is 4.79 Å². The number of hydrogen-bond donors (Lipinski definition) is 1. The molecule has 1 unspecified atom stereocenters. The molecule has 1 aromatic heterocycles. The van der Waals surface area contributed by atoms with Crippen molar-refractivity contribution in [1.29, 1.82) is 0 Å². The monoisotopic (exact) mass is 284 g/mol. The minimum absolute atomic E-state index is 0.0650. The van der Waals surface area contributed by atoms with Crippen molar-refractivity contribution in [3.8, 4) is 11.6 Å². The van der Waals surface area contributed by atoms with Gasteiger partial charge < -0.3 is 14.8 Å². The van der Waals surface area contributed by atoms with Crippen LogP contribution in [0, 0.1) is 0 Å². The first-order valence-corrected chi connectivity index (χ1v) is 6.77. The predicted octanol–water partition coefficient (Wildman–Crippen LogP) is 1.88. The number of benzene rings is 1. The molecule has 3 rings (SSSR count). The van der Waals surface area contributed by atoms with Crippen molar-refractivity contribution < 1.29 is 14.3 Å². The average Bonchev–Trinajstić information content (AvgIpc) is 2.91. The van der Waals surface area contributed by atoms with Gasteiger partial charge in [0.05, 0.1) is 19.6 Å². The van der Waals surface area contributed by atoms with Crippen molar-refractivity contribution in [2.75, 3.05) is 13.7 Å². The van der Waals surface area contributed by atoms with Crippen molar-refractivity contribution in [3.63, 3.8) is 0 Å². The van der Waals surface area contributed by atoms with Crippen molar-refractivity contribution in [3.05, 3.63) is 53.7 Å². The second kappa shape index (κ2) is 5.83. The van der Waals surface area contributed by atoms with Crippen LogP contribution in [0.25, 0.3) is 0 Å². The summed E-state index contributed by atoms with van der Waals surface area (Å²) in [5, 5.41) is 2.98. The summed E-state index contributed by atoms with van der Waals surface area (Å²) < 4.78 is 10.7. The van der Waals surface area contributed by atoms with Gasteiger partial charge in [0, 0.05) is 17.3 Å². The number of nitrogens with zero attached hydrogens (tertiary/aromatic N) is 1. The molecule has 2 aromatic rings. The molecular weight excluding hydrogens is 268 g/mol. The molecule has 1 aromatic carbocycles. The summed E-state index contributed by atoms with van der Waals surface area (Å²) in [4.78, 5) is 16.3. The normalized spacial score (nSPS) is 16.0. The smallest absolute Gasteiger partial charge is 0.225 e. The maximum absolute atomic E-state index is 12.2. The molecule has 2 heterocycles. The van der Waals surface area contributed by atoms with Gasteiger partial charge in [-0.25, -0.2) is 4.98 Å². The molecule has 5 heteroatoms. The summed E-state index contributed by atoms with van der Waals surface area (Å²) in [6, 6.07) is 11.1. The Hall–Kier alpha value is -2.56. The fraction of sp³-hybridized carbons (Fsp3) is 0.250. The van der Waals surface area contributed by atoms with E-state index < -0.39 is 0 Å². The van der Waals surface area contributed by atoms with E-state index >= 15 is 0 Å². The van der Waals surface area contributed by atoms with Gasteiger partial charge in [-0.1, -0.05) is 18.2 Å². The highest BCUT2D eigenvalue weighted by Crippen LogP contribution is 2.29. The third-order valence-corrected chi connectivity index (χ3v) is 3.44. The van der Waals surface area contributed by atoms with Crippen molar-refractivity contribution in [2.24, 2.45) is 0 Å².